The summed E-state index contributed by atoms with van der Waals surface area (Å²) in [5.41, 5.74) is 6.25. The van der Waals surface area contributed by atoms with Crippen LogP contribution in [0.1, 0.15) is 33.6 Å². The topological polar surface area (TPSA) is 35.2 Å². The first-order valence-corrected chi connectivity index (χ1v) is 5.52. The highest BCUT2D eigenvalue weighted by molar-refractivity contribution is 4.96. The van der Waals surface area contributed by atoms with Crippen LogP contribution in [0.2, 0.25) is 0 Å². The Hall–Kier alpha value is -0.0800. The highest BCUT2D eigenvalue weighted by atomic mass is 16.5. The lowest BCUT2D eigenvalue weighted by Gasteiger charge is -2.25. The van der Waals surface area contributed by atoms with Crippen molar-refractivity contribution in [3.05, 3.63) is 0 Å². The average molecular weight is 183 g/mol. The molecule has 0 bridgehead atoms. The monoisotopic (exact) mass is 183 g/mol. The minimum atomic E-state index is 0.362. The summed E-state index contributed by atoms with van der Waals surface area (Å²) in [5.74, 6) is 2.01. The van der Waals surface area contributed by atoms with Gasteiger partial charge < -0.3 is 10.5 Å². The molecule has 76 valence electrons. The van der Waals surface area contributed by atoms with Crippen molar-refractivity contribution in [2.75, 3.05) is 0 Å². The molecule has 1 aliphatic carbocycles. The van der Waals surface area contributed by atoms with Crippen LogP contribution in [0.5, 0.6) is 0 Å². The van der Waals surface area contributed by atoms with E-state index in [-0.39, 0.29) is 0 Å². The maximum Gasteiger partial charge on any atom is 0.0597 e. The highest BCUT2D eigenvalue weighted by Gasteiger charge is 2.45. The van der Waals surface area contributed by atoms with Gasteiger partial charge in [-0.3, -0.25) is 0 Å². The maximum atomic E-state index is 6.25. The van der Waals surface area contributed by atoms with Crippen LogP contribution in [0, 0.1) is 17.8 Å². The molecule has 0 aromatic rings. The van der Waals surface area contributed by atoms with Crippen molar-refractivity contribution in [2.24, 2.45) is 23.5 Å². The second-order valence-corrected chi connectivity index (χ2v) is 4.90. The minimum absolute atomic E-state index is 0.362. The van der Waals surface area contributed by atoms with Crippen LogP contribution in [-0.2, 0) is 4.74 Å². The second kappa shape index (κ2) is 3.25. The molecule has 2 N–H and O–H groups in total. The summed E-state index contributed by atoms with van der Waals surface area (Å²) in [6.07, 6.45) is 3.43. The van der Waals surface area contributed by atoms with Crippen molar-refractivity contribution in [1.29, 1.82) is 0 Å². The van der Waals surface area contributed by atoms with Crippen LogP contribution in [-0.4, -0.2) is 18.2 Å². The smallest absolute Gasteiger partial charge is 0.0597 e. The third-order valence-electron chi connectivity index (χ3n) is 3.93. The third-order valence-corrected chi connectivity index (χ3v) is 3.93. The summed E-state index contributed by atoms with van der Waals surface area (Å²) in [4.78, 5) is 0. The molecule has 1 saturated heterocycles. The van der Waals surface area contributed by atoms with Crippen molar-refractivity contribution in [2.45, 2.75) is 51.9 Å². The SMILES string of the molecule is CC1OC(C)C(C(N)C2CC2)C1C. The van der Waals surface area contributed by atoms with Crippen LogP contribution in [0.3, 0.4) is 0 Å². The predicted octanol–water partition coefficient (Wildman–Crippen LogP) is 1.78. The summed E-state index contributed by atoms with van der Waals surface area (Å²) in [5, 5.41) is 0. The summed E-state index contributed by atoms with van der Waals surface area (Å²) in [6.45, 7) is 6.62. The Balaban J connectivity index is 2.03. The zero-order valence-corrected chi connectivity index (χ0v) is 8.86. The quantitative estimate of drug-likeness (QED) is 0.708. The van der Waals surface area contributed by atoms with Gasteiger partial charge in [0.2, 0.25) is 0 Å². The van der Waals surface area contributed by atoms with E-state index in [0.29, 0.717) is 30.1 Å². The molecule has 1 heterocycles. The van der Waals surface area contributed by atoms with Gasteiger partial charge in [-0.25, -0.2) is 0 Å². The van der Waals surface area contributed by atoms with Crippen molar-refractivity contribution >= 4 is 0 Å². The first-order chi connectivity index (χ1) is 6.11. The standard InChI is InChI=1S/C11H21NO/c1-6-7(2)13-8(3)10(6)11(12)9-4-5-9/h6-11H,4-5,12H2,1-3H3. The van der Waals surface area contributed by atoms with Gasteiger partial charge in [0.1, 0.15) is 0 Å². The second-order valence-electron chi connectivity index (χ2n) is 4.90. The molecule has 1 aliphatic heterocycles. The first-order valence-electron chi connectivity index (χ1n) is 5.52. The molecule has 5 atom stereocenters. The lowest BCUT2D eigenvalue weighted by molar-refractivity contribution is 0.0483. The van der Waals surface area contributed by atoms with Gasteiger partial charge in [0, 0.05) is 12.0 Å². The van der Waals surface area contributed by atoms with E-state index in [0.717, 1.165) is 5.92 Å². The number of rotatable bonds is 2. The Kier molecular flexibility index (Phi) is 2.37. The van der Waals surface area contributed by atoms with Crippen molar-refractivity contribution in [3.8, 4) is 0 Å². The zero-order chi connectivity index (χ0) is 9.59. The molecule has 0 spiro atoms. The number of hydrogen-bond donors (Lipinski definition) is 1. The van der Waals surface area contributed by atoms with E-state index in [1.807, 2.05) is 0 Å². The molecule has 13 heavy (non-hydrogen) atoms. The van der Waals surface area contributed by atoms with Gasteiger partial charge in [-0.15, -0.1) is 0 Å². The maximum absolute atomic E-state index is 6.25. The summed E-state index contributed by atoms with van der Waals surface area (Å²) >= 11 is 0. The lowest BCUT2D eigenvalue weighted by atomic mass is 9.82. The van der Waals surface area contributed by atoms with Gasteiger partial charge in [-0.2, -0.15) is 0 Å². The number of ether oxygens (including phenoxy) is 1. The summed E-state index contributed by atoms with van der Waals surface area (Å²) in [6, 6.07) is 0.384. The Labute approximate surface area is 80.8 Å². The Morgan fingerprint density at radius 1 is 1.15 bits per heavy atom. The molecular weight excluding hydrogens is 162 g/mol. The van der Waals surface area contributed by atoms with Gasteiger partial charge in [0.15, 0.2) is 0 Å². The molecule has 2 nitrogen and oxygen atoms in total. The van der Waals surface area contributed by atoms with Gasteiger partial charge in [-0.1, -0.05) is 6.92 Å². The van der Waals surface area contributed by atoms with E-state index in [1.54, 1.807) is 0 Å². The van der Waals surface area contributed by atoms with Crippen LogP contribution < -0.4 is 5.73 Å². The van der Waals surface area contributed by atoms with E-state index < -0.39 is 0 Å². The molecule has 2 rings (SSSR count). The molecule has 0 aromatic carbocycles. The van der Waals surface area contributed by atoms with Gasteiger partial charge >= 0.3 is 0 Å². The third kappa shape index (κ3) is 1.62. The average Bonchev–Trinajstić information content (AvgIpc) is 2.82. The molecule has 1 saturated carbocycles. The van der Waals surface area contributed by atoms with E-state index in [1.165, 1.54) is 12.8 Å². The lowest BCUT2D eigenvalue weighted by Crippen LogP contribution is -2.39. The molecule has 0 radical (unpaired) electrons. The van der Waals surface area contributed by atoms with E-state index >= 15 is 0 Å². The van der Waals surface area contributed by atoms with E-state index in [9.17, 15) is 0 Å². The molecule has 0 amide bonds. The zero-order valence-electron chi connectivity index (χ0n) is 8.86. The van der Waals surface area contributed by atoms with Crippen LogP contribution in [0.25, 0.3) is 0 Å². The number of hydrogen-bond acceptors (Lipinski definition) is 2. The summed E-state index contributed by atoms with van der Waals surface area (Å²) in [7, 11) is 0. The number of nitrogens with two attached hydrogens (primary N) is 1. The molecule has 2 fully saturated rings. The van der Waals surface area contributed by atoms with Crippen molar-refractivity contribution in [3.63, 3.8) is 0 Å². The fraction of sp³-hybridized carbons (Fsp3) is 1.00. The Morgan fingerprint density at radius 3 is 2.15 bits per heavy atom. The molecule has 5 unspecified atom stereocenters. The highest BCUT2D eigenvalue weighted by Crippen LogP contribution is 2.42. The van der Waals surface area contributed by atoms with Gasteiger partial charge in [-0.05, 0) is 38.5 Å². The molecule has 2 heteroatoms. The van der Waals surface area contributed by atoms with Gasteiger partial charge in [0.05, 0.1) is 12.2 Å². The predicted molar refractivity (Wildman–Crippen MR) is 53.4 cm³/mol. The first kappa shape index (κ1) is 9.47. The fourth-order valence-electron chi connectivity index (χ4n) is 2.75. The normalized spacial score (nSPS) is 48.0. The van der Waals surface area contributed by atoms with E-state index in [4.69, 9.17) is 10.5 Å². The van der Waals surface area contributed by atoms with Crippen LogP contribution in [0.15, 0.2) is 0 Å². The largest absolute Gasteiger partial charge is 0.375 e. The summed E-state index contributed by atoms with van der Waals surface area (Å²) < 4.78 is 5.81. The minimum Gasteiger partial charge on any atom is -0.375 e. The van der Waals surface area contributed by atoms with E-state index in [2.05, 4.69) is 20.8 Å². The van der Waals surface area contributed by atoms with Crippen LogP contribution >= 0.6 is 0 Å². The van der Waals surface area contributed by atoms with Crippen LogP contribution in [0.4, 0.5) is 0 Å². The molecule has 2 aliphatic rings. The molecule has 0 aromatic heterocycles. The van der Waals surface area contributed by atoms with Crippen molar-refractivity contribution < 1.29 is 4.74 Å². The fourth-order valence-corrected chi connectivity index (χ4v) is 2.75. The molecular formula is C11H21NO. The Bertz CT molecular complexity index is 191. The van der Waals surface area contributed by atoms with Gasteiger partial charge in [0.25, 0.3) is 0 Å². The van der Waals surface area contributed by atoms with Crippen molar-refractivity contribution in [1.82, 2.24) is 0 Å². The Morgan fingerprint density at radius 2 is 1.77 bits per heavy atom.